The van der Waals surface area contributed by atoms with Crippen LogP contribution in [0, 0.1) is 11.8 Å². The maximum atomic E-state index is 12.4. The van der Waals surface area contributed by atoms with E-state index in [4.69, 9.17) is 9.47 Å². The lowest BCUT2D eigenvalue weighted by Gasteiger charge is -2.53. The zero-order valence-electron chi connectivity index (χ0n) is 20.3. The second kappa shape index (κ2) is 9.12. The number of benzene rings is 1. The minimum absolute atomic E-state index is 0.0653. The lowest BCUT2D eigenvalue weighted by atomic mass is 9.66. The summed E-state index contributed by atoms with van der Waals surface area (Å²) in [5, 5.41) is 7.89. The SMILES string of the molecule is CC(C)n1nc(NC2C3C[C@H]2CN(C(=O)OC(C)(C)C)C3)nc1Oc1ccc(OC(F)(F)F)cc1. The molecular formula is C23H30F3N5O4. The van der Waals surface area contributed by atoms with Gasteiger partial charge in [-0.25, -0.2) is 9.48 Å². The largest absolute Gasteiger partial charge is 0.573 e. The number of fused-ring (bicyclic) bond motifs is 2. The molecule has 2 fully saturated rings. The smallest absolute Gasteiger partial charge is 0.444 e. The highest BCUT2D eigenvalue weighted by Crippen LogP contribution is 2.42. The lowest BCUT2D eigenvalue weighted by Crippen LogP contribution is -2.62. The number of hydrogen-bond acceptors (Lipinski definition) is 7. The summed E-state index contributed by atoms with van der Waals surface area (Å²) in [4.78, 5) is 18.6. The Morgan fingerprint density at radius 3 is 2.23 bits per heavy atom. The summed E-state index contributed by atoms with van der Waals surface area (Å²) in [5.41, 5.74) is -0.536. The van der Waals surface area contributed by atoms with Crippen molar-refractivity contribution in [1.29, 1.82) is 0 Å². The van der Waals surface area contributed by atoms with Gasteiger partial charge in [-0.2, -0.15) is 4.98 Å². The second-order valence-electron chi connectivity index (χ2n) is 10.2. The Kier molecular flexibility index (Phi) is 6.50. The Labute approximate surface area is 201 Å². The van der Waals surface area contributed by atoms with E-state index in [1.807, 2.05) is 34.6 Å². The van der Waals surface area contributed by atoms with Crippen molar-refractivity contribution in [3.63, 3.8) is 0 Å². The summed E-state index contributed by atoms with van der Waals surface area (Å²) in [7, 11) is 0. The van der Waals surface area contributed by atoms with Gasteiger partial charge in [-0.1, -0.05) is 0 Å². The number of ether oxygens (including phenoxy) is 3. The van der Waals surface area contributed by atoms with Crippen LogP contribution in [0.5, 0.6) is 17.5 Å². The van der Waals surface area contributed by atoms with Gasteiger partial charge in [-0.05, 0) is 77.1 Å². The summed E-state index contributed by atoms with van der Waals surface area (Å²) in [6.45, 7) is 10.6. The van der Waals surface area contributed by atoms with Crippen molar-refractivity contribution in [2.45, 2.75) is 65.1 Å². The normalized spacial score (nSPS) is 22.0. The number of halogens is 3. The van der Waals surface area contributed by atoms with Crippen molar-refractivity contribution in [3.8, 4) is 17.5 Å². The molecule has 0 radical (unpaired) electrons. The zero-order valence-corrected chi connectivity index (χ0v) is 20.3. The number of carbonyl (C=O) groups excluding carboxylic acids is 1. The van der Waals surface area contributed by atoms with Gasteiger partial charge in [0, 0.05) is 19.1 Å². The quantitative estimate of drug-likeness (QED) is 0.585. The molecule has 1 aliphatic heterocycles. The second-order valence-corrected chi connectivity index (χ2v) is 10.2. The summed E-state index contributed by atoms with van der Waals surface area (Å²) in [5.74, 6) is 0.884. The van der Waals surface area contributed by atoms with Gasteiger partial charge < -0.3 is 24.4 Å². The topological polar surface area (TPSA) is 90.7 Å². The van der Waals surface area contributed by atoms with Crippen molar-refractivity contribution < 1.29 is 32.2 Å². The van der Waals surface area contributed by atoms with Gasteiger partial charge in [0.1, 0.15) is 17.1 Å². The number of nitrogens with zero attached hydrogens (tertiary/aromatic N) is 4. The third-order valence-corrected chi connectivity index (χ3v) is 5.83. The van der Waals surface area contributed by atoms with Crippen LogP contribution in [0.25, 0.3) is 0 Å². The third kappa shape index (κ3) is 6.09. The highest BCUT2D eigenvalue weighted by molar-refractivity contribution is 5.68. The molecule has 1 aliphatic carbocycles. The molecule has 2 aliphatic rings. The molecule has 1 saturated carbocycles. The molecule has 1 aromatic heterocycles. The highest BCUT2D eigenvalue weighted by Gasteiger charge is 2.49. The van der Waals surface area contributed by atoms with Crippen LogP contribution in [-0.2, 0) is 4.74 Å². The minimum atomic E-state index is -4.76. The first-order chi connectivity index (χ1) is 16.3. The Hall–Kier alpha value is -3.18. The van der Waals surface area contributed by atoms with E-state index in [1.54, 1.807) is 9.58 Å². The number of rotatable bonds is 6. The minimum Gasteiger partial charge on any atom is -0.444 e. The molecular weight excluding hydrogens is 467 g/mol. The number of likely N-dealkylation sites (tertiary alicyclic amines) is 1. The first-order valence-corrected chi connectivity index (χ1v) is 11.5. The summed E-state index contributed by atoms with van der Waals surface area (Å²) >= 11 is 0. The van der Waals surface area contributed by atoms with Crippen LogP contribution in [0.1, 0.15) is 47.1 Å². The predicted octanol–water partition coefficient (Wildman–Crippen LogP) is 5.22. The fourth-order valence-corrected chi connectivity index (χ4v) is 4.34. The van der Waals surface area contributed by atoms with Crippen LogP contribution in [0.4, 0.5) is 23.9 Å². The summed E-state index contributed by atoms with van der Waals surface area (Å²) < 4.78 is 53.9. The maximum Gasteiger partial charge on any atom is 0.573 e. The van der Waals surface area contributed by atoms with Gasteiger partial charge in [0.2, 0.25) is 5.95 Å². The van der Waals surface area contributed by atoms with Gasteiger partial charge in [0.15, 0.2) is 0 Å². The van der Waals surface area contributed by atoms with E-state index in [9.17, 15) is 18.0 Å². The van der Waals surface area contributed by atoms with E-state index in [1.165, 1.54) is 24.3 Å². The fourth-order valence-electron chi connectivity index (χ4n) is 4.34. The Bertz CT molecular complexity index is 1040. The molecule has 1 N–H and O–H groups in total. The molecule has 0 spiro atoms. The predicted molar refractivity (Wildman–Crippen MR) is 120 cm³/mol. The van der Waals surface area contributed by atoms with Gasteiger partial charge in [-0.3, -0.25) is 0 Å². The number of nitrogens with one attached hydrogen (secondary N) is 1. The molecule has 12 heteroatoms. The molecule has 2 aromatic rings. The monoisotopic (exact) mass is 497 g/mol. The van der Waals surface area contributed by atoms with Gasteiger partial charge in [0.25, 0.3) is 0 Å². The molecule has 1 amide bonds. The van der Waals surface area contributed by atoms with E-state index in [2.05, 4.69) is 20.1 Å². The lowest BCUT2D eigenvalue weighted by molar-refractivity contribution is -0.274. The van der Waals surface area contributed by atoms with Crippen LogP contribution < -0.4 is 14.8 Å². The Balaban J connectivity index is 1.40. The number of carbonyl (C=O) groups is 1. The number of hydrogen-bond donors (Lipinski definition) is 1. The average molecular weight is 498 g/mol. The number of aromatic nitrogens is 3. The Morgan fingerprint density at radius 1 is 1.09 bits per heavy atom. The van der Waals surface area contributed by atoms with Crippen molar-refractivity contribution in [2.75, 3.05) is 18.4 Å². The van der Waals surface area contributed by atoms with E-state index in [-0.39, 0.29) is 41.8 Å². The van der Waals surface area contributed by atoms with Crippen LogP contribution >= 0.6 is 0 Å². The zero-order chi connectivity index (χ0) is 25.5. The van der Waals surface area contributed by atoms with E-state index in [0.29, 0.717) is 24.8 Å². The van der Waals surface area contributed by atoms with E-state index >= 15 is 0 Å². The van der Waals surface area contributed by atoms with Crippen molar-refractivity contribution in [3.05, 3.63) is 24.3 Å². The van der Waals surface area contributed by atoms with Crippen LogP contribution in [0.3, 0.4) is 0 Å². The van der Waals surface area contributed by atoms with Crippen LogP contribution in [0.15, 0.2) is 24.3 Å². The van der Waals surface area contributed by atoms with Crippen LogP contribution in [-0.4, -0.2) is 56.9 Å². The molecule has 3 atom stereocenters. The van der Waals surface area contributed by atoms with E-state index < -0.39 is 12.0 Å². The van der Waals surface area contributed by atoms with Crippen molar-refractivity contribution in [2.24, 2.45) is 11.8 Å². The summed E-state index contributed by atoms with van der Waals surface area (Å²) in [6.07, 6.45) is -4.04. The fraction of sp³-hybridized carbons (Fsp3) is 0.609. The maximum absolute atomic E-state index is 12.4. The molecule has 2 heterocycles. The highest BCUT2D eigenvalue weighted by atomic mass is 19.4. The third-order valence-electron chi connectivity index (χ3n) is 5.83. The number of amides is 1. The van der Waals surface area contributed by atoms with Gasteiger partial charge >= 0.3 is 18.5 Å². The molecule has 2 bridgehead atoms. The van der Waals surface area contributed by atoms with Crippen molar-refractivity contribution >= 4 is 12.0 Å². The number of anilines is 1. The number of alkyl halides is 3. The van der Waals surface area contributed by atoms with Gasteiger partial charge in [-0.15, -0.1) is 18.3 Å². The molecule has 1 aromatic carbocycles. The molecule has 2 unspecified atom stereocenters. The first kappa shape index (κ1) is 24.9. The molecule has 35 heavy (non-hydrogen) atoms. The standard InChI is InChI=1S/C23H30F3N5O4/c1-13(2)31-20(33-16-6-8-17(9-7-16)34-23(24,25)26)28-19(29-31)27-18-14-10-15(18)12-30(11-14)21(32)35-22(3,4)5/h6-9,13-15,18H,10-12H2,1-5H3,(H,27,29)/t14-,15?,18?/m0/s1. The van der Waals surface area contributed by atoms with E-state index in [0.717, 1.165) is 6.42 Å². The number of piperidine rings is 2. The summed E-state index contributed by atoms with van der Waals surface area (Å²) in [6, 6.07) is 5.36. The molecule has 1 saturated heterocycles. The Morgan fingerprint density at radius 2 is 1.69 bits per heavy atom. The first-order valence-electron chi connectivity index (χ1n) is 11.5. The molecule has 192 valence electrons. The van der Waals surface area contributed by atoms with Crippen molar-refractivity contribution in [1.82, 2.24) is 19.7 Å². The molecule has 9 nitrogen and oxygen atoms in total. The van der Waals surface area contributed by atoms with Gasteiger partial charge in [0.05, 0.1) is 6.04 Å². The van der Waals surface area contributed by atoms with Crippen LogP contribution in [0.2, 0.25) is 0 Å². The molecule has 4 rings (SSSR count). The average Bonchev–Trinajstić information content (AvgIpc) is 3.14.